The zero-order chi connectivity index (χ0) is 11.3. The minimum Gasteiger partial charge on any atom is -0.392 e. The Labute approximate surface area is 94.1 Å². The second-order valence-corrected chi connectivity index (χ2v) is 3.96. The largest absolute Gasteiger partial charge is 0.392 e. The number of rotatable bonds is 4. The van der Waals surface area contributed by atoms with E-state index < -0.39 is 5.38 Å². The Kier molecular flexibility index (Phi) is 4.59. The number of alkyl halides is 1. The number of carbonyl (C=O) groups is 1. The first-order valence-electron chi connectivity index (χ1n) is 4.74. The van der Waals surface area contributed by atoms with Crippen LogP contribution in [-0.2, 0) is 17.9 Å². The summed E-state index contributed by atoms with van der Waals surface area (Å²) in [5.41, 5.74) is 1.84. The Morgan fingerprint density at radius 1 is 1.40 bits per heavy atom. The first kappa shape index (κ1) is 12.0. The number of halogens is 1. The van der Waals surface area contributed by atoms with E-state index in [4.69, 9.17) is 16.7 Å². The van der Waals surface area contributed by atoms with Gasteiger partial charge in [0.15, 0.2) is 0 Å². The minimum absolute atomic E-state index is 0.0331. The van der Waals surface area contributed by atoms with Crippen molar-refractivity contribution in [2.75, 3.05) is 0 Å². The highest BCUT2D eigenvalue weighted by Crippen LogP contribution is 2.04. The van der Waals surface area contributed by atoms with Gasteiger partial charge in [-0.25, -0.2) is 0 Å². The van der Waals surface area contributed by atoms with E-state index in [1.165, 1.54) is 0 Å². The van der Waals surface area contributed by atoms with Crippen LogP contribution in [0.3, 0.4) is 0 Å². The standard InChI is InChI=1S/C11H14ClNO2/c1-8(12)11(15)13-6-9-2-4-10(7-14)5-3-9/h2-5,8,14H,6-7H2,1H3,(H,13,15). The van der Waals surface area contributed by atoms with Crippen molar-refractivity contribution in [3.63, 3.8) is 0 Å². The lowest BCUT2D eigenvalue weighted by atomic mass is 10.1. The Morgan fingerprint density at radius 2 is 1.93 bits per heavy atom. The molecular formula is C11H14ClNO2. The third kappa shape index (κ3) is 3.90. The average molecular weight is 228 g/mol. The van der Waals surface area contributed by atoms with Crippen LogP contribution in [0.1, 0.15) is 18.1 Å². The van der Waals surface area contributed by atoms with E-state index in [9.17, 15) is 4.79 Å². The van der Waals surface area contributed by atoms with Crippen molar-refractivity contribution >= 4 is 17.5 Å². The molecule has 82 valence electrons. The van der Waals surface area contributed by atoms with Gasteiger partial charge in [-0.05, 0) is 18.1 Å². The third-order valence-corrected chi connectivity index (χ3v) is 2.23. The second kappa shape index (κ2) is 5.73. The number of nitrogens with one attached hydrogen (secondary N) is 1. The number of hydrogen-bond donors (Lipinski definition) is 2. The molecule has 1 atom stereocenters. The van der Waals surface area contributed by atoms with Crippen LogP contribution in [0, 0.1) is 0 Å². The zero-order valence-corrected chi connectivity index (χ0v) is 9.29. The Morgan fingerprint density at radius 3 is 2.40 bits per heavy atom. The normalized spacial score (nSPS) is 12.2. The smallest absolute Gasteiger partial charge is 0.238 e. The van der Waals surface area contributed by atoms with Gasteiger partial charge in [0.05, 0.1) is 6.61 Å². The molecule has 2 N–H and O–H groups in total. The van der Waals surface area contributed by atoms with Crippen molar-refractivity contribution < 1.29 is 9.90 Å². The predicted molar refractivity (Wildman–Crippen MR) is 59.5 cm³/mol. The van der Waals surface area contributed by atoms with Crippen molar-refractivity contribution in [1.29, 1.82) is 0 Å². The van der Waals surface area contributed by atoms with Crippen molar-refractivity contribution in [2.24, 2.45) is 0 Å². The number of aliphatic hydroxyl groups is 1. The van der Waals surface area contributed by atoms with Gasteiger partial charge in [0.25, 0.3) is 0 Å². The van der Waals surface area contributed by atoms with Crippen LogP contribution in [0.2, 0.25) is 0 Å². The molecule has 1 amide bonds. The lowest BCUT2D eigenvalue weighted by Gasteiger charge is -2.06. The minimum atomic E-state index is -0.512. The molecule has 0 heterocycles. The molecule has 1 aromatic rings. The molecule has 0 aliphatic heterocycles. The van der Waals surface area contributed by atoms with Crippen LogP contribution in [0.4, 0.5) is 0 Å². The summed E-state index contributed by atoms with van der Waals surface area (Å²) < 4.78 is 0. The Hall–Kier alpha value is -1.06. The van der Waals surface area contributed by atoms with Gasteiger partial charge in [-0.1, -0.05) is 24.3 Å². The highest BCUT2D eigenvalue weighted by molar-refractivity contribution is 6.30. The summed E-state index contributed by atoms with van der Waals surface area (Å²) in [5.74, 6) is -0.178. The monoisotopic (exact) mass is 227 g/mol. The summed E-state index contributed by atoms with van der Waals surface area (Å²) in [6, 6.07) is 7.38. The van der Waals surface area contributed by atoms with Gasteiger partial charge in [0, 0.05) is 6.54 Å². The molecule has 0 spiro atoms. The molecule has 3 nitrogen and oxygen atoms in total. The first-order chi connectivity index (χ1) is 7.13. The SMILES string of the molecule is CC(Cl)C(=O)NCc1ccc(CO)cc1. The number of hydrogen-bond acceptors (Lipinski definition) is 2. The fraction of sp³-hybridized carbons (Fsp3) is 0.364. The molecule has 0 aliphatic rings. The van der Waals surface area contributed by atoms with Gasteiger partial charge in [-0.2, -0.15) is 0 Å². The van der Waals surface area contributed by atoms with Gasteiger partial charge in [-0.15, -0.1) is 11.6 Å². The van der Waals surface area contributed by atoms with E-state index in [1.54, 1.807) is 6.92 Å². The van der Waals surface area contributed by atoms with E-state index in [0.29, 0.717) is 6.54 Å². The van der Waals surface area contributed by atoms with Crippen LogP contribution in [0.25, 0.3) is 0 Å². The first-order valence-corrected chi connectivity index (χ1v) is 5.17. The van der Waals surface area contributed by atoms with E-state index in [1.807, 2.05) is 24.3 Å². The topological polar surface area (TPSA) is 49.3 Å². The van der Waals surface area contributed by atoms with Crippen LogP contribution in [-0.4, -0.2) is 16.4 Å². The molecule has 4 heteroatoms. The number of aliphatic hydroxyl groups excluding tert-OH is 1. The van der Waals surface area contributed by atoms with E-state index in [-0.39, 0.29) is 12.5 Å². The Bertz CT molecular complexity index is 322. The van der Waals surface area contributed by atoms with Crippen molar-refractivity contribution in [3.05, 3.63) is 35.4 Å². The van der Waals surface area contributed by atoms with Gasteiger partial charge >= 0.3 is 0 Å². The lowest BCUT2D eigenvalue weighted by molar-refractivity contribution is -0.120. The van der Waals surface area contributed by atoms with Crippen molar-refractivity contribution in [3.8, 4) is 0 Å². The fourth-order valence-electron chi connectivity index (χ4n) is 1.09. The van der Waals surface area contributed by atoms with Gasteiger partial charge in [-0.3, -0.25) is 4.79 Å². The van der Waals surface area contributed by atoms with Gasteiger partial charge in [0.1, 0.15) is 5.38 Å². The van der Waals surface area contributed by atoms with Crippen molar-refractivity contribution in [2.45, 2.75) is 25.5 Å². The highest BCUT2D eigenvalue weighted by atomic mass is 35.5. The maximum Gasteiger partial charge on any atom is 0.238 e. The number of amides is 1. The average Bonchev–Trinajstić information content (AvgIpc) is 2.26. The molecule has 0 fully saturated rings. The molecule has 15 heavy (non-hydrogen) atoms. The molecule has 0 aliphatic carbocycles. The quantitative estimate of drug-likeness (QED) is 0.765. The van der Waals surface area contributed by atoms with E-state index in [0.717, 1.165) is 11.1 Å². The van der Waals surface area contributed by atoms with Crippen molar-refractivity contribution in [1.82, 2.24) is 5.32 Å². The summed E-state index contributed by atoms with van der Waals surface area (Å²) in [5, 5.41) is 11.0. The van der Waals surface area contributed by atoms with Gasteiger partial charge < -0.3 is 10.4 Å². The Balaban J connectivity index is 2.47. The highest BCUT2D eigenvalue weighted by Gasteiger charge is 2.07. The third-order valence-electron chi connectivity index (χ3n) is 2.03. The summed E-state index contributed by atoms with van der Waals surface area (Å²) in [4.78, 5) is 11.2. The molecule has 0 aromatic heterocycles. The van der Waals surface area contributed by atoms with Gasteiger partial charge in [0.2, 0.25) is 5.91 Å². The number of benzene rings is 1. The zero-order valence-electron chi connectivity index (χ0n) is 8.53. The summed E-state index contributed by atoms with van der Waals surface area (Å²) in [6.07, 6.45) is 0. The summed E-state index contributed by atoms with van der Waals surface area (Å²) in [7, 11) is 0. The maximum atomic E-state index is 11.2. The summed E-state index contributed by atoms with van der Waals surface area (Å²) >= 11 is 5.60. The number of carbonyl (C=O) groups excluding carboxylic acids is 1. The molecule has 0 bridgehead atoms. The molecule has 0 saturated heterocycles. The fourth-order valence-corrected chi connectivity index (χ4v) is 1.17. The molecule has 1 unspecified atom stereocenters. The van der Waals surface area contributed by atoms with Crippen LogP contribution < -0.4 is 5.32 Å². The lowest BCUT2D eigenvalue weighted by Crippen LogP contribution is -2.28. The molecule has 1 rings (SSSR count). The predicted octanol–water partition coefficient (Wildman–Crippen LogP) is 1.42. The van der Waals surface area contributed by atoms with Crippen LogP contribution in [0.5, 0.6) is 0 Å². The molecular weight excluding hydrogens is 214 g/mol. The van der Waals surface area contributed by atoms with E-state index >= 15 is 0 Å². The van der Waals surface area contributed by atoms with Crippen LogP contribution in [0.15, 0.2) is 24.3 Å². The second-order valence-electron chi connectivity index (χ2n) is 3.31. The molecule has 0 radical (unpaired) electrons. The molecule has 0 saturated carbocycles. The van der Waals surface area contributed by atoms with Crippen LogP contribution >= 0.6 is 11.6 Å². The summed E-state index contributed by atoms with van der Waals surface area (Å²) in [6.45, 7) is 2.12. The molecule has 1 aromatic carbocycles. The maximum absolute atomic E-state index is 11.2. The van der Waals surface area contributed by atoms with E-state index in [2.05, 4.69) is 5.32 Å².